The van der Waals surface area contributed by atoms with E-state index < -0.39 is 0 Å². The number of rotatable bonds is 4. The van der Waals surface area contributed by atoms with Gasteiger partial charge < -0.3 is 10.1 Å². The van der Waals surface area contributed by atoms with Crippen molar-refractivity contribution in [3.63, 3.8) is 0 Å². The summed E-state index contributed by atoms with van der Waals surface area (Å²) in [6, 6.07) is 7.70. The molecule has 1 N–H and O–H groups in total. The normalized spacial score (nSPS) is 22.2. The van der Waals surface area contributed by atoms with E-state index in [4.69, 9.17) is 4.74 Å². The second-order valence-electron chi connectivity index (χ2n) is 7.35. The quantitative estimate of drug-likeness (QED) is 0.894. The Labute approximate surface area is 134 Å². The van der Waals surface area contributed by atoms with Gasteiger partial charge in [0, 0.05) is 11.6 Å². The molecule has 1 fully saturated rings. The molecular weight excluding hydrogens is 274 g/mol. The molecule has 1 amide bonds. The summed E-state index contributed by atoms with van der Waals surface area (Å²) in [4.78, 5) is 12.3. The minimum absolute atomic E-state index is 0.0299. The van der Waals surface area contributed by atoms with Crippen LogP contribution in [-0.2, 0) is 0 Å². The summed E-state index contributed by atoms with van der Waals surface area (Å²) in [6.45, 7) is 9.54. The minimum atomic E-state index is 0.0299. The van der Waals surface area contributed by atoms with Crippen molar-refractivity contribution in [2.75, 3.05) is 6.61 Å². The number of hydrogen-bond acceptors (Lipinski definition) is 2. The highest BCUT2D eigenvalue weighted by Gasteiger charge is 2.30. The van der Waals surface area contributed by atoms with Crippen LogP contribution < -0.4 is 10.1 Å². The summed E-state index contributed by atoms with van der Waals surface area (Å²) in [7, 11) is 0. The second kappa shape index (κ2) is 7.17. The van der Waals surface area contributed by atoms with Crippen molar-refractivity contribution in [2.45, 2.75) is 59.4 Å². The predicted octanol–water partition coefficient (Wildman–Crippen LogP) is 4.42. The van der Waals surface area contributed by atoms with Gasteiger partial charge in [-0.2, -0.15) is 0 Å². The summed E-state index contributed by atoms with van der Waals surface area (Å²) in [5.41, 5.74) is 1.09. The summed E-state index contributed by atoms with van der Waals surface area (Å²) in [5.74, 6) is 1.61. The monoisotopic (exact) mass is 303 g/mol. The molecular formula is C19H29NO2. The summed E-state index contributed by atoms with van der Waals surface area (Å²) in [5, 5.41) is 3.18. The summed E-state index contributed by atoms with van der Waals surface area (Å²) < 4.78 is 5.40. The van der Waals surface area contributed by atoms with Gasteiger partial charge in [-0.05, 0) is 68.2 Å². The lowest BCUT2D eigenvalue weighted by atomic mass is 9.71. The molecule has 0 bridgehead atoms. The van der Waals surface area contributed by atoms with Crippen molar-refractivity contribution in [3.8, 4) is 5.75 Å². The minimum Gasteiger partial charge on any atom is -0.494 e. The molecule has 1 aliphatic carbocycles. The average Bonchev–Trinajstić information content (AvgIpc) is 2.48. The smallest absolute Gasteiger partial charge is 0.251 e. The number of hydrogen-bond donors (Lipinski definition) is 1. The van der Waals surface area contributed by atoms with Crippen LogP contribution in [0.3, 0.4) is 0 Å². The van der Waals surface area contributed by atoms with Crippen LogP contribution in [0.2, 0.25) is 0 Å². The molecule has 1 aromatic carbocycles. The highest BCUT2D eigenvalue weighted by atomic mass is 16.5. The first-order valence-electron chi connectivity index (χ1n) is 8.44. The molecule has 1 aliphatic rings. The maximum absolute atomic E-state index is 12.3. The van der Waals surface area contributed by atoms with E-state index in [2.05, 4.69) is 26.1 Å². The predicted molar refractivity (Wildman–Crippen MR) is 90.3 cm³/mol. The van der Waals surface area contributed by atoms with Crippen LogP contribution in [0.15, 0.2) is 24.3 Å². The fourth-order valence-corrected chi connectivity index (χ4v) is 3.24. The Morgan fingerprint density at radius 2 is 1.73 bits per heavy atom. The van der Waals surface area contributed by atoms with Crippen LogP contribution in [-0.4, -0.2) is 18.6 Å². The number of benzene rings is 1. The SMILES string of the molecule is CCOc1ccc(C(=O)NC2CCC(C(C)(C)C)CC2)cc1. The van der Waals surface area contributed by atoms with E-state index >= 15 is 0 Å². The van der Waals surface area contributed by atoms with Gasteiger partial charge in [0.2, 0.25) is 0 Å². The Morgan fingerprint density at radius 3 is 2.23 bits per heavy atom. The third-order valence-electron chi connectivity index (χ3n) is 4.71. The van der Waals surface area contributed by atoms with Gasteiger partial charge in [0.15, 0.2) is 0 Å². The zero-order valence-electron chi connectivity index (χ0n) is 14.3. The summed E-state index contributed by atoms with van der Waals surface area (Å²) in [6.07, 6.45) is 4.59. The molecule has 0 saturated heterocycles. The lowest BCUT2D eigenvalue weighted by Gasteiger charge is -2.37. The molecule has 0 aliphatic heterocycles. The zero-order valence-corrected chi connectivity index (χ0v) is 14.3. The molecule has 0 radical (unpaired) electrons. The van der Waals surface area contributed by atoms with Gasteiger partial charge in [-0.15, -0.1) is 0 Å². The van der Waals surface area contributed by atoms with E-state index in [9.17, 15) is 4.79 Å². The van der Waals surface area contributed by atoms with Gasteiger partial charge >= 0.3 is 0 Å². The van der Waals surface area contributed by atoms with Gasteiger partial charge in [0.05, 0.1) is 6.61 Å². The molecule has 0 unspecified atom stereocenters. The van der Waals surface area contributed by atoms with Crippen LogP contribution in [0.1, 0.15) is 63.7 Å². The third kappa shape index (κ3) is 4.49. The zero-order chi connectivity index (χ0) is 16.2. The van der Waals surface area contributed by atoms with Crippen molar-refractivity contribution in [3.05, 3.63) is 29.8 Å². The van der Waals surface area contributed by atoms with E-state index in [0.29, 0.717) is 23.6 Å². The highest BCUT2D eigenvalue weighted by Crippen LogP contribution is 2.37. The highest BCUT2D eigenvalue weighted by molar-refractivity contribution is 5.94. The van der Waals surface area contributed by atoms with E-state index in [0.717, 1.165) is 24.5 Å². The maximum atomic E-state index is 12.3. The molecule has 1 saturated carbocycles. The number of ether oxygens (including phenoxy) is 1. The summed E-state index contributed by atoms with van der Waals surface area (Å²) >= 11 is 0. The molecule has 22 heavy (non-hydrogen) atoms. The van der Waals surface area contributed by atoms with Crippen molar-refractivity contribution in [1.82, 2.24) is 5.32 Å². The van der Waals surface area contributed by atoms with Crippen molar-refractivity contribution in [2.24, 2.45) is 11.3 Å². The average molecular weight is 303 g/mol. The van der Waals surface area contributed by atoms with Gasteiger partial charge in [0.25, 0.3) is 5.91 Å². The molecule has 0 heterocycles. The Bertz CT molecular complexity index is 479. The Balaban J connectivity index is 1.85. The van der Waals surface area contributed by atoms with Gasteiger partial charge in [-0.25, -0.2) is 0 Å². The Kier molecular flexibility index (Phi) is 5.49. The topological polar surface area (TPSA) is 38.3 Å². The molecule has 0 aromatic heterocycles. The standard InChI is InChI=1S/C19H29NO2/c1-5-22-17-12-6-14(7-13-17)18(21)20-16-10-8-15(9-11-16)19(2,3)4/h6-7,12-13,15-16H,5,8-11H2,1-4H3,(H,20,21). The van der Waals surface area contributed by atoms with Crippen molar-refractivity contribution < 1.29 is 9.53 Å². The van der Waals surface area contributed by atoms with E-state index in [-0.39, 0.29) is 5.91 Å². The van der Waals surface area contributed by atoms with Crippen LogP contribution in [0.5, 0.6) is 5.75 Å². The number of nitrogens with one attached hydrogen (secondary N) is 1. The second-order valence-corrected chi connectivity index (χ2v) is 7.35. The van der Waals surface area contributed by atoms with Crippen LogP contribution in [0.4, 0.5) is 0 Å². The van der Waals surface area contributed by atoms with Gasteiger partial charge in [-0.1, -0.05) is 20.8 Å². The molecule has 0 atom stereocenters. The van der Waals surface area contributed by atoms with E-state index in [1.165, 1.54) is 12.8 Å². The third-order valence-corrected chi connectivity index (χ3v) is 4.71. The lowest BCUT2D eigenvalue weighted by Crippen LogP contribution is -2.39. The lowest BCUT2D eigenvalue weighted by molar-refractivity contribution is 0.0904. The van der Waals surface area contributed by atoms with E-state index in [1.807, 2.05) is 31.2 Å². The molecule has 122 valence electrons. The first kappa shape index (κ1) is 16.9. The van der Waals surface area contributed by atoms with Crippen LogP contribution >= 0.6 is 0 Å². The van der Waals surface area contributed by atoms with Crippen LogP contribution in [0.25, 0.3) is 0 Å². The molecule has 1 aromatic rings. The fourth-order valence-electron chi connectivity index (χ4n) is 3.24. The van der Waals surface area contributed by atoms with Crippen molar-refractivity contribution >= 4 is 5.91 Å². The van der Waals surface area contributed by atoms with Crippen LogP contribution in [0, 0.1) is 11.3 Å². The fraction of sp³-hybridized carbons (Fsp3) is 0.632. The first-order chi connectivity index (χ1) is 10.4. The molecule has 3 heteroatoms. The number of amides is 1. The Hall–Kier alpha value is -1.51. The van der Waals surface area contributed by atoms with Gasteiger partial charge in [0.1, 0.15) is 5.75 Å². The number of carbonyl (C=O) groups is 1. The number of carbonyl (C=O) groups excluding carboxylic acids is 1. The van der Waals surface area contributed by atoms with Crippen molar-refractivity contribution in [1.29, 1.82) is 0 Å². The molecule has 2 rings (SSSR count). The Morgan fingerprint density at radius 1 is 1.14 bits per heavy atom. The first-order valence-corrected chi connectivity index (χ1v) is 8.44. The molecule has 0 spiro atoms. The van der Waals surface area contributed by atoms with Gasteiger partial charge in [-0.3, -0.25) is 4.79 Å². The maximum Gasteiger partial charge on any atom is 0.251 e. The van der Waals surface area contributed by atoms with E-state index in [1.54, 1.807) is 0 Å². The largest absolute Gasteiger partial charge is 0.494 e. The molecule has 3 nitrogen and oxygen atoms in total.